The van der Waals surface area contributed by atoms with E-state index < -0.39 is 11.5 Å². The number of carbonyl (C=O) groups excluding carboxylic acids is 1. The van der Waals surface area contributed by atoms with Gasteiger partial charge < -0.3 is 15.0 Å². The van der Waals surface area contributed by atoms with Crippen LogP contribution in [0.2, 0.25) is 0 Å². The van der Waals surface area contributed by atoms with E-state index >= 15 is 0 Å². The van der Waals surface area contributed by atoms with E-state index in [1.54, 1.807) is 10.6 Å². The molecular formula is C19H20N2O3S. The summed E-state index contributed by atoms with van der Waals surface area (Å²) in [5, 5.41) is 15.1. The van der Waals surface area contributed by atoms with Gasteiger partial charge in [-0.1, -0.05) is 37.3 Å². The van der Waals surface area contributed by atoms with Crippen molar-refractivity contribution >= 4 is 27.5 Å². The molecule has 2 heterocycles. The number of nitrogens with zero attached hydrogens (tertiary/aromatic N) is 1. The van der Waals surface area contributed by atoms with Gasteiger partial charge in [-0.3, -0.25) is 9.59 Å². The SMILES string of the molecule is CCC(C)NC(=O)c1c(O)c2sccc2n(Cc2ccccc2)c1=O. The number of hydrogen-bond acceptors (Lipinski definition) is 4. The molecule has 130 valence electrons. The molecular weight excluding hydrogens is 336 g/mol. The summed E-state index contributed by atoms with van der Waals surface area (Å²) in [5.41, 5.74) is 0.923. The van der Waals surface area contributed by atoms with Crippen molar-refractivity contribution in [2.45, 2.75) is 32.9 Å². The molecule has 0 spiro atoms. The molecule has 0 radical (unpaired) electrons. The van der Waals surface area contributed by atoms with Gasteiger partial charge in [0.25, 0.3) is 11.5 Å². The molecule has 1 aromatic carbocycles. The van der Waals surface area contributed by atoms with Crippen molar-refractivity contribution in [3.05, 3.63) is 63.3 Å². The van der Waals surface area contributed by atoms with Crippen LogP contribution in [0.25, 0.3) is 10.2 Å². The molecule has 0 aliphatic carbocycles. The number of amides is 1. The highest BCUT2D eigenvalue weighted by atomic mass is 32.1. The smallest absolute Gasteiger partial charge is 0.268 e. The third kappa shape index (κ3) is 3.30. The number of thiophene rings is 1. The quantitative estimate of drug-likeness (QED) is 0.736. The highest BCUT2D eigenvalue weighted by molar-refractivity contribution is 7.17. The van der Waals surface area contributed by atoms with Crippen LogP contribution < -0.4 is 10.9 Å². The van der Waals surface area contributed by atoms with Crippen molar-refractivity contribution in [1.29, 1.82) is 0 Å². The summed E-state index contributed by atoms with van der Waals surface area (Å²) in [4.78, 5) is 25.5. The second-order valence-corrected chi connectivity index (χ2v) is 6.93. The third-order valence-electron chi connectivity index (χ3n) is 4.25. The molecule has 1 amide bonds. The van der Waals surface area contributed by atoms with Crippen LogP contribution in [0.1, 0.15) is 36.2 Å². The first kappa shape index (κ1) is 17.2. The Labute approximate surface area is 149 Å². The Bertz CT molecular complexity index is 960. The maximum absolute atomic E-state index is 13.0. The Balaban J connectivity index is 2.15. The number of aromatic hydroxyl groups is 1. The van der Waals surface area contributed by atoms with E-state index in [-0.39, 0.29) is 17.4 Å². The van der Waals surface area contributed by atoms with Gasteiger partial charge in [0, 0.05) is 6.04 Å². The maximum Gasteiger partial charge on any atom is 0.268 e. The van der Waals surface area contributed by atoms with Crippen molar-refractivity contribution in [2.75, 3.05) is 0 Å². The van der Waals surface area contributed by atoms with Gasteiger partial charge in [0.2, 0.25) is 0 Å². The van der Waals surface area contributed by atoms with E-state index in [0.717, 1.165) is 12.0 Å². The molecule has 3 rings (SSSR count). The third-order valence-corrected chi connectivity index (χ3v) is 5.16. The average Bonchev–Trinajstić information content (AvgIpc) is 3.09. The molecule has 2 N–H and O–H groups in total. The van der Waals surface area contributed by atoms with Crippen molar-refractivity contribution in [1.82, 2.24) is 9.88 Å². The summed E-state index contributed by atoms with van der Waals surface area (Å²) in [6.45, 7) is 4.15. The fraction of sp³-hybridized carbons (Fsp3) is 0.263. The highest BCUT2D eigenvalue weighted by Gasteiger charge is 2.23. The van der Waals surface area contributed by atoms with Crippen LogP contribution in [0, 0.1) is 0 Å². The molecule has 0 fully saturated rings. The topological polar surface area (TPSA) is 71.3 Å². The van der Waals surface area contributed by atoms with Crippen molar-refractivity contribution in [3.63, 3.8) is 0 Å². The van der Waals surface area contributed by atoms with E-state index in [0.29, 0.717) is 16.8 Å². The predicted octanol–water partition coefficient (Wildman–Crippen LogP) is 3.35. The lowest BCUT2D eigenvalue weighted by molar-refractivity contribution is 0.0934. The summed E-state index contributed by atoms with van der Waals surface area (Å²) in [7, 11) is 0. The van der Waals surface area contributed by atoms with Crippen LogP contribution in [-0.4, -0.2) is 21.6 Å². The highest BCUT2D eigenvalue weighted by Crippen LogP contribution is 2.31. The molecule has 0 aliphatic heterocycles. The fourth-order valence-electron chi connectivity index (χ4n) is 2.68. The number of carbonyl (C=O) groups is 1. The number of aromatic nitrogens is 1. The monoisotopic (exact) mass is 356 g/mol. The standard InChI is InChI=1S/C19H20N2O3S/c1-3-12(2)20-18(23)15-16(22)17-14(9-10-25-17)21(19(15)24)11-13-7-5-4-6-8-13/h4-10,12,22H,3,11H2,1-2H3,(H,20,23). The van der Waals surface area contributed by atoms with Gasteiger partial charge in [-0.25, -0.2) is 0 Å². The van der Waals surface area contributed by atoms with Crippen molar-refractivity contribution in [3.8, 4) is 5.75 Å². The van der Waals surface area contributed by atoms with E-state index in [9.17, 15) is 14.7 Å². The molecule has 1 unspecified atom stereocenters. The number of pyridine rings is 1. The molecule has 3 aromatic rings. The molecule has 5 nitrogen and oxygen atoms in total. The van der Waals surface area contributed by atoms with E-state index in [1.165, 1.54) is 11.3 Å². The zero-order valence-corrected chi connectivity index (χ0v) is 15.0. The van der Waals surface area contributed by atoms with Crippen molar-refractivity contribution < 1.29 is 9.90 Å². The van der Waals surface area contributed by atoms with Gasteiger partial charge >= 0.3 is 0 Å². The van der Waals surface area contributed by atoms with Crippen LogP contribution in [0.4, 0.5) is 0 Å². The van der Waals surface area contributed by atoms with Gasteiger partial charge in [-0.15, -0.1) is 11.3 Å². The lowest BCUT2D eigenvalue weighted by atomic mass is 10.1. The minimum Gasteiger partial charge on any atom is -0.505 e. The van der Waals surface area contributed by atoms with E-state index in [1.807, 2.05) is 49.6 Å². The minimum absolute atomic E-state index is 0.0760. The Morgan fingerprint density at radius 3 is 2.68 bits per heavy atom. The van der Waals surface area contributed by atoms with Crippen molar-refractivity contribution in [2.24, 2.45) is 0 Å². The average molecular weight is 356 g/mol. The Morgan fingerprint density at radius 2 is 2.00 bits per heavy atom. The normalized spacial score (nSPS) is 12.2. The largest absolute Gasteiger partial charge is 0.505 e. The first-order chi connectivity index (χ1) is 12.0. The number of benzene rings is 1. The zero-order chi connectivity index (χ0) is 18.0. The van der Waals surface area contributed by atoms with Crippen LogP contribution >= 0.6 is 11.3 Å². The summed E-state index contributed by atoms with van der Waals surface area (Å²) in [5.74, 6) is -0.769. The molecule has 1 atom stereocenters. The van der Waals surface area contributed by atoms with Gasteiger partial charge in [0.15, 0.2) is 5.75 Å². The van der Waals surface area contributed by atoms with Gasteiger partial charge in [0.05, 0.1) is 16.8 Å². The number of hydrogen-bond donors (Lipinski definition) is 2. The zero-order valence-electron chi connectivity index (χ0n) is 14.2. The summed E-state index contributed by atoms with van der Waals surface area (Å²) >= 11 is 1.31. The van der Waals surface area contributed by atoms with Gasteiger partial charge in [-0.05, 0) is 30.4 Å². The fourth-order valence-corrected chi connectivity index (χ4v) is 3.52. The molecule has 2 aromatic heterocycles. The first-order valence-electron chi connectivity index (χ1n) is 8.20. The second-order valence-electron chi connectivity index (χ2n) is 6.02. The van der Waals surface area contributed by atoms with E-state index in [2.05, 4.69) is 5.32 Å². The number of nitrogens with one attached hydrogen (secondary N) is 1. The molecule has 6 heteroatoms. The Kier molecular flexibility index (Phi) is 4.90. The Morgan fingerprint density at radius 1 is 1.28 bits per heavy atom. The Hall–Kier alpha value is -2.60. The molecule has 0 bridgehead atoms. The van der Waals surface area contributed by atoms with Crippen LogP contribution in [0.3, 0.4) is 0 Å². The van der Waals surface area contributed by atoms with Gasteiger partial charge in [-0.2, -0.15) is 0 Å². The molecule has 0 saturated carbocycles. The lowest BCUT2D eigenvalue weighted by Gasteiger charge is -2.15. The molecule has 0 saturated heterocycles. The predicted molar refractivity (Wildman–Crippen MR) is 101 cm³/mol. The second kappa shape index (κ2) is 7.11. The first-order valence-corrected chi connectivity index (χ1v) is 9.08. The lowest BCUT2D eigenvalue weighted by Crippen LogP contribution is -2.37. The van der Waals surface area contributed by atoms with Crippen LogP contribution in [0.15, 0.2) is 46.6 Å². The molecule has 0 aliphatic rings. The summed E-state index contributed by atoms with van der Waals surface area (Å²) in [6, 6.07) is 11.3. The summed E-state index contributed by atoms with van der Waals surface area (Å²) < 4.78 is 2.09. The molecule has 25 heavy (non-hydrogen) atoms. The van der Waals surface area contributed by atoms with Gasteiger partial charge in [0.1, 0.15) is 5.56 Å². The summed E-state index contributed by atoms with van der Waals surface area (Å²) in [6.07, 6.45) is 0.742. The maximum atomic E-state index is 13.0. The number of rotatable bonds is 5. The van der Waals surface area contributed by atoms with Crippen LogP contribution in [0.5, 0.6) is 5.75 Å². The van der Waals surface area contributed by atoms with Crippen LogP contribution in [-0.2, 0) is 6.54 Å². The number of fused-ring (bicyclic) bond motifs is 1. The van der Waals surface area contributed by atoms with E-state index in [4.69, 9.17) is 0 Å². The minimum atomic E-state index is -0.533.